The molecule has 0 spiro atoms. The Morgan fingerprint density at radius 1 is 1.38 bits per heavy atom. The standard InChI is InChI=1S/C12H18ClN3/c1-8-6-16(7-9(8)2)12-14-5-11(4-13)10(3)15-12/h5,8-9H,4,6-7H2,1-3H3. The van der Waals surface area contributed by atoms with Crippen LogP contribution in [0, 0.1) is 18.8 Å². The summed E-state index contributed by atoms with van der Waals surface area (Å²) >= 11 is 5.80. The van der Waals surface area contributed by atoms with Gasteiger partial charge in [-0.25, -0.2) is 9.97 Å². The van der Waals surface area contributed by atoms with Crippen LogP contribution in [0.4, 0.5) is 5.95 Å². The van der Waals surface area contributed by atoms with Crippen LogP contribution in [-0.4, -0.2) is 23.1 Å². The van der Waals surface area contributed by atoms with E-state index in [0.29, 0.717) is 5.88 Å². The first kappa shape index (κ1) is 11.6. The second-order valence-corrected chi connectivity index (χ2v) is 5.04. The van der Waals surface area contributed by atoms with E-state index in [1.165, 1.54) is 0 Å². The quantitative estimate of drug-likeness (QED) is 0.743. The smallest absolute Gasteiger partial charge is 0.225 e. The molecule has 0 N–H and O–H groups in total. The molecule has 2 rings (SSSR count). The Hall–Kier alpha value is -0.830. The fraction of sp³-hybridized carbons (Fsp3) is 0.667. The molecule has 0 saturated carbocycles. The summed E-state index contributed by atoms with van der Waals surface area (Å²) in [6.45, 7) is 8.67. The van der Waals surface area contributed by atoms with Crippen LogP contribution in [0.15, 0.2) is 6.20 Å². The Balaban J connectivity index is 2.19. The Kier molecular flexibility index (Phi) is 3.33. The van der Waals surface area contributed by atoms with Gasteiger partial charge in [-0.3, -0.25) is 0 Å². The highest BCUT2D eigenvalue weighted by atomic mass is 35.5. The highest BCUT2D eigenvalue weighted by Crippen LogP contribution is 2.25. The van der Waals surface area contributed by atoms with Gasteiger partial charge in [0.2, 0.25) is 5.95 Å². The predicted octanol–water partition coefficient (Wildman–Crippen LogP) is 2.62. The summed E-state index contributed by atoms with van der Waals surface area (Å²) in [5.41, 5.74) is 2.01. The van der Waals surface area contributed by atoms with Gasteiger partial charge in [-0.15, -0.1) is 11.6 Å². The molecule has 1 saturated heterocycles. The number of hydrogen-bond acceptors (Lipinski definition) is 3. The molecule has 1 aliphatic rings. The average molecular weight is 240 g/mol. The third-order valence-electron chi connectivity index (χ3n) is 3.48. The van der Waals surface area contributed by atoms with Gasteiger partial charge >= 0.3 is 0 Å². The maximum Gasteiger partial charge on any atom is 0.225 e. The van der Waals surface area contributed by atoms with E-state index in [2.05, 4.69) is 28.7 Å². The third kappa shape index (κ3) is 2.14. The molecule has 1 aromatic rings. The number of rotatable bonds is 2. The minimum absolute atomic E-state index is 0.485. The lowest BCUT2D eigenvalue weighted by atomic mass is 10.0. The lowest BCUT2D eigenvalue weighted by Crippen LogP contribution is -2.22. The Labute approximate surface area is 102 Å². The van der Waals surface area contributed by atoms with Crippen molar-refractivity contribution in [1.29, 1.82) is 0 Å². The van der Waals surface area contributed by atoms with E-state index in [-0.39, 0.29) is 0 Å². The summed E-state index contributed by atoms with van der Waals surface area (Å²) in [6, 6.07) is 0. The SMILES string of the molecule is Cc1nc(N2CC(C)C(C)C2)ncc1CCl. The Morgan fingerprint density at radius 3 is 2.50 bits per heavy atom. The maximum absolute atomic E-state index is 5.80. The molecule has 2 unspecified atom stereocenters. The summed E-state index contributed by atoms with van der Waals surface area (Å²) < 4.78 is 0. The zero-order valence-electron chi connectivity index (χ0n) is 10.1. The Morgan fingerprint density at radius 2 is 2.00 bits per heavy atom. The molecule has 0 radical (unpaired) electrons. The van der Waals surface area contributed by atoms with Crippen LogP contribution >= 0.6 is 11.6 Å². The zero-order valence-corrected chi connectivity index (χ0v) is 10.8. The lowest BCUT2D eigenvalue weighted by Gasteiger charge is -2.16. The molecule has 0 bridgehead atoms. The highest BCUT2D eigenvalue weighted by molar-refractivity contribution is 6.17. The maximum atomic E-state index is 5.80. The Bertz CT molecular complexity index is 371. The van der Waals surface area contributed by atoms with Gasteiger partial charge in [0.25, 0.3) is 0 Å². The van der Waals surface area contributed by atoms with Crippen molar-refractivity contribution in [2.24, 2.45) is 11.8 Å². The fourth-order valence-electron chi connectivity index (χ4n) is 2.06. The van der Waals surface area contributed by atoms with E-state index in [9.17, 15) is 0 Å². The van der Waals surface area contributed by atoms with Gasteiger partial charge in [-0.1, -0.05) is 13.8 Å². The molecule has 1 aliphatic heterocycles. The lowest BCUT2D eigenvalue weighted by molar-refractivity contribution is 0.494. The summed E-state index contributed by atoms with van der Waals surface area (Å²) in [4.78, 5) is 11.2. The van der Waals surface area contributed by atoms with Crippen molar-refractivity contribution in [1.82, 2.24) is 9.97 Å². The van der Waals surface area contributed by atoms with Crippen molar-refractivity contribution in [2.45, 2.75) is 26.7 Å². The van der Waals surface area contributed by atoms with Crippen molar-refractivity contribution >= 4 is 17.5 Å². The molecule has 0 amide bonds. The first-order chi connectivity index (χ1) is 7.61. The number of aryl methyl sites for hydroxylation is 1. The van der Waals surface area contributed by atoms with E-state index in [1.807, 2.05) is 13.1 Å². The van der Waals surface area contributed by atoms with E-state index in [4.69, 9.17) is 11.6 Å². The first-order valence-corrected chi connectivity index (χ1v) is 6.28. The van der Waals surface area contributed by atoms with Crippen LogP contribution in [0.1, 0.15) is 25.1 Å². The van der Waals surface area contributed by atoms with Gasteiger partial charge in [0.1, 0.15) is 0 Å². The van der Waals surface area contributed by atoms with Gasteiger partial charge < -0.3 is 4.90 Å². The normalized spacial score (nSPS) is 25.1. The van der Waals surface area contributed by atoms with Crippen molar-refractivity contribution in [3.05, 3.63) is 17.5 Å². The van der Waals surface area contributed by atoms with Gasteiger partial charge in [0, 0.05) is 30.5 Å². The second kappa shape index (κ2) is 4.58. The summed E-state index contributed by atoms with van der Waals surface area (Å²) in [7, 11) is 0. The van der Waals surface area contributed by atoms with Crippen LogP contribution in [0.5, 0.6) is 0 Å². The molecule has 88 valence electrons. The van der Waals surface area contributed by atoms with Crippen LogP contribution in [0.3, 0.4) is 0 Å². The summed E-state index contributed by atoms with van der Waals surface area (Å²) in [6.07, 6.45) is 1.85. The van der Waals surface area contributed by atoms with Gasteiger partial charge in [0.05, 0.1) is 5.88 Å². The number of hydrogen-bond donors (Lipinski definition) is 0. The van der Waals surface area contributed by atoms with Gasteiger partial charge in [0.15, 0.2) is 0 Å². The van der Waals surface area contributed by atoms with Gasteiger partial charge in [-0.05, 0) is 18.8 Å². The van der Waals surface area contributed by atoms with Crippen molar-refractivity contribution in [3.8, 4) is 0 Å². The molecular weight excluding hydrogens is 222 g/mol. The minimum atomic E-state index is 0.485. The number of nitrogens with zero attached hydrogens (tertiary/aromatic N) is 3. The van der Waals surface area contributed by atoms with Crippen LogP contribution in [0.25, 0.3) is 0 Å². The van der Waals surface area contributed by atoms with E-state index in [0.717, 1.165) is 42.1 Å². The van der Waals surface area contributed by atoms with Crippen molar-refractivity contribution in [2.75, 3.05) is 18.0 Å². The second-order valence-electron chi connectivity index (χ2n) is 4.77. The largest absolute Gasteiger partial charge is 0.340 e. The molecule has 0 aliphatic carbocycles. The summed E-state index contributed by atoms with van der Waals surface area (Å²) in [5.74, 6) is 2.77. The molecular formula is C12H18ClN3. The molecule has 3 nitrogen and oxygen atoms in total. The van der Waals surface area contributed by atoms with Crippen molar-refractivity contribution < 1.29 is 0 Å². The number of halogens is 1. The van der Waals surface area contributed by atoms with E-state index >= 15 is 0 Å². The van der Waals surface area contributed by atoms with Crippen LogP contribution in [-0.2, 0) is 5.88 Å². The van der Waals surface area contributed by atoms with Gasteiger partial charge in [-0.2, -0.15) is 0 Å². The number of alkyl halides is 1. The highest BCUT2D eigenvalue weighted by Gasteiger charge is 2.27. The predicted molar refractivity (Wildman–Crippen MR) is 66.9 cm³/mol. The number of anilines is 1. The average Bonchev–Trinajstić information content (AvgIpc) is 2.59. The molecule has 2 heterocycles. The van der Waals surface area contributed by atoms with E-state index in [1.54, 1.807) is 0 Å². The molecule has 4 heteroatoms. The van der Waals surface area contributed by atoms with E-state index < -0.39 is 0 Å². The molecule has 0 aromatic carbocycles. The van der Waals surface area contributed by atoms with Crippen LogP contribution < -0.4 is 4.90 Å². The molecule has 16 heavy (non-hydrogen) atoms. The topological polar surface area (TPSA) is 29.0 Å². The first-order valence-electron chi connectivity index (χ1n) is 5.75. The summed E-state index contributed by atoms with van der Waals surface area (Å²) in [5, 5.41) is 0. The number of aromatic nitrogens is 2. The molecule has 1 fully saturated rings. The zero-order chi connectivity index (χ0) is 11.7. The monoisotopic (exact) mass is 239 g/mol. The molecule has 1 aromatic heterocycles. The third-order valence-corrected chi connectivity index (χ3v) is 3.77. The van der Waals surface area contributed by atoms with Crippen LogP contribution in [0.2, 0.25) is 0 Å². The minimum Gasteiger partial charge on any atom is -0.340 e. The van der Waals surface area contributed by atoms with Crippen molar-refractivity contribution in [3.63, 3.8) is 0 Å². The molecule has 2 atom stereocenters. The fourth-order valence-corrected chi connectivity index (χ4v) is 2.32.